The van der Waals surface area contributed by atoms with Crippen molar-refractivity contribution in [3.8, 4) is 0 Å². The quantitative estimate of drug-likeness (QED) is 0.679. The molecule has 0 unspecified atom stereocenters. The van der Waals surface area contributed by atoms with Crippen molar-refractivity contribution >= 4 is 34.0 Å². The highest BCUT2D eigenvalue weighted by Crippen LogP contribution is 2.31. The molecule has 3 aromatic rings. The molecule has 0 saturated carbocycles. The molecule has 2 atom stereocenters. The summed E-state index contributed by atoms with van der Waals surface area (Å²) >= 11 is 0. The first-order valence-corrected chi connectivity index (χ1v) is 9.96. The van der Waals surface area contributed by atoms with Crippen LogP contribution in [0, 0.1) is 11.8 Å². The lowest BCUT2D eigenvalue weighted by molar-refractivity contribution is 0.102. The van der Waals surface area contributed by atoms with Crippen molar-refractivity contribution in [1.82, 2.24) is 9.97 Å². The van der Waals surface area contributed by atoms with Gasteiger partial charge in [0.2, 0.25) is 0 Å². The number of carbonyl (C=O) groups is 1. The number of pyridine rings is 2. The van der Waals surface area contributed by atoms with Gasteiger partial charge in [-0.05, 0) is 49.0 Å². The monoisotopic (exact) mass is 390 g/mol. The number of nitrogens with one attached hydrogen (secondary N) is 1. The maximum atomic E-state index is 13.0. The van der Waals surface area contributed by atoms with Crippen molar-refractivity contribution < 1.29 is 9.21 Å². The van der Waals surface area contributed by atoms with Gasteiger partial charge < -0.3 is 14.6 Å². The van der Waals surface area contributed by atoms with Crippen molar-refractivity contribution in [2.45, 2.75) is 27.2 Å². The number of furan rings is 1. The Hall–Kier alpha value is -3.15. The number of hydrogen-bond donors (Lipinski definition) is 1. The van der Waals surface area contributed by atoms with Crippen LogP contribution in [0.15, 0.2) is 47.9 Å². The number of carbonyl (C=O) groups excluding carboxylic acids is 1. The minimum atomic E-state index is -0.270. The van der Waals surface area contributed by atoms with E-state index in [4.69, 9.17) is 4.42 Å². The van der Waals surface area contributed by atoms with Gasteiger partial charge in [-0.25, -0.2) is 4.98 Å². The molecule has 1 saturated heterocycles. The van der Waals surface area contributed by atoms with Crippen LogP contribution in [0.5, 0.6) is 0 Å². The summed E-state index contributed by atoms with van der Waals surface area (Å²) < 4.78 is 5.51. The second kappa shape index (κ2) is 7.70. The van der Waals surface area contributed by atoms with Gasteiger partial charge in [0.25, 0.3) is 5.91 Å². The number of anilines is 2. The highest BCUT2D eigenvalue weighted by Gasteiger charge is 2.24. The smallest absolute Gasteiger partial charge is 0.274 e. The van der Waals surface area contributed by atoms with Crippen molar-refractivity contribution in [1.29, 1.82) is 0 Å². The number of amides is 1. The fourth-order valence-electron chi connectivity index (χ4n) is 4.15. The van der Waals surface area contributed by atoms with E-state index in [1.165, 1.54) is 6.42 Å². The molecular formula is C23H26N4O2. The topological polar surface area (TPSA) is 71.3 Å². The number of piperidine rings is 1. The van der Waals surface area contributed by atoms with Crippen molar-refractivity contribution in [2.24, 2.45) is 11.8 Å². The zero-order chi connectivity index (χ0) is 20.5. The van der Waals surface area contributed by atoms with Gasteiger partial charge in [-0.1, -0.05) is 20.4 Å². The molecule has 0 bridgehead atoms. The van der Waals surface area contributed by atoms with Gasteiger partial charge in [0.1, 0.15) is 17.5 Å². The average Bonchev–Trinajstić information content (AvgIpc) is 3.11. The van der Waals surface area contributed by atoms with E-state index in [2.05, 4.69) is 40.6 Å². The summed E-state index contributed by atoms with van der Waals surface area (Å²) in [5.74, 6) is 0.954. The van der Waals surface area contributed by atoms with Crippen LogP contribution >= 0.6 is 0 Å². The molecule has 0 aliphatic carbocycles. The van der Waals surface area contributed by atoms with E-state index in [-0.39, 0.29) is 5.91 Å². The highest BCUT2D eigenvalue weighted by atomic mass is 16.3. The molecule has 1 N–H and O–H groups in total. The summed E-state index contributed by atoms with van der Waals surface area (Å²) in [7, 11) is 0. The lowest BCUT2D eigenvalue weighted by Gasteiger charge is -2.37. The molecular weight excluding hydrogens is 364 g/mol. The maximum absolute atomic E-state index is 13.0. The average molecular weight is 390 g/mol. The van der Waals surface area contributed by atoms with E-state index in [1.807, 2.05) is 13.0 Å². The summed E-state index contributed by atoms with van der Waals surface area (Å²) in [6.45, 7) is 12.3. The predicted octanol–water partition coefficient (Wildman–Crippen LogP) is 4.99. The van der Waals surface area contributed by atoms with E-state index >= 15 is 0 Å². The molecule has 4 rings (SSSR count). The standard InChI is InChI=1S/C23H26N4O2/c1-14(2)17-13-29-21-6-5-18(25-22(17)21)23(28)26-19-10-24-8-7-20(19)27-11-15(3)9-16(4)12-27/h5-8,10,13,15-16H,1,9,11-12H2,2-4H3,(H,26,28)/t15-,16+. The third-order valence-corrected chi connectivity index (χ3v) is 5.37. The minimum Gasteiger partial charge on any atom is -0.462 e. The molecule has 3 aromatic heterocycles. The highest BCUT2D eigenvalue weighted by molar-refractivity contribution is 6.05. The number of aromatic nitrogens is 2. The second-order valence-electron chi connectivity index (χ2n) is 8.17. The third kappa shape index (κ3) is 3.88. The summed E-state index contributed by atoms with van der Waals surface area (Å²) in [6, 6.07) is 5.40. The van der Waals surface area contributed by atoms with Crippen molar-refractivity contribution in [2.75, 3.05) is 23.3 Å². The Labute approximate surface area is 170 Å². The van der Waals surface area contributed by atoms with Gasteiger partial charge in [-0.2, -0.15) is 0 Å². The summed E-state index contributed by atoms with van der Waals surface area (Å²) in [4.78, 5) is 24.0. The maximum Gasteiger partial charge on any atom is 0.274 e. The van der Waals surface area contributed by atoms with Crippen molar-refractivity contribution in [3.63, 3.8) is 0 Å². The van der Waals surface area contributed by atoms with Crippen LogP contribution in [0.25, 0.3) is 16.7 Å². The lowest BCUT2D eigenvalue weighted by Crippen LogP contribution is -2.39. The minimum absolute atomic E-state index is 0.270. The SMILES string of the molecule is C=C(C)c1coc2ccc(C(=O)Nc3cnccc3N3C[C@H](C)C[C@H](C)C3)nc12. The molecule has 0 radical (unpaired) electrons. The van der Waals surface area contributed by atoms with Gasteiger partial charge in [-0.15, -0.1) is 0 Å². The summed E-state index contributed by atoms with van der Waals surface area (Å²) in [5, 5.41) is 3.00. The van der Waals surface area contributed by atoms with E-state index in [0.717, 1.165) is 29.9 Å². The van der Waals surface area contributed by atoms with E-state index in [0.29, 0.717) is 34.3 Å². The Bertz CT molecular complexity index is 1060. The van der Waals surface area contributed by atoms with Crippen LogP contribution in [0.1, 0.15) is 43.2 Å². The molecule has 1 aliphatic heterocycles. The van der Waals surface area contributed by atoms with E-state index in [1.54, 1.807) is 30.8 Å². The zero-order valence-corrected chi connectivity index (χ0v) is 17.1. The Morgan fingerprint density at radius 2 is 2.00 bits per heavy atom. The molecule has 1 amide bonds. The van der Waals surface area contributed by atoms with Crippen LogP contribution in [0.2, 0.25) is 0 Å². The number of allylic oxidation sites excluding steroid dienone is 1. The van der Waals surface area contributed by atoms with E-state index in [9.17, 15) is 4.79 Å². The van der Waals surface area contributed by atoms with Crippen molar-refractivity contribution in [3.05, 3.63) is 54.7 Å². The largest absolute Gasteiger partial charge is 0.462 e. The summed E-state index contributed by atoms with van der Waals surface area (Å²) in [5.41, 5.74) is 4.97. The summed E-state index contributed by atoms with van der Waals surface area (Å²) in [6.07, 6.45) is 6.32. The molecule has 0 spiro atoms. The second-order valence-corrected chi connectivity index (χ2v) is 8.17. The van der Waals surface area contributed by atoms with Gasteiger partial charge in [0.15, 0.2) is 5.58 Å². The van der Waals surface area contributed by atoms with Gasteiger partial charge in [0, 0.05) is 24.8 Å². The normalized spacial score (nSPS) is 19.3. The van der Waals surface area contributed by atoms with Gasteiger partial charge in [0.05, 0.1) is 17.6 Å². The van der Waals surface area contributed by atoms with Crippen LogP contribution < -0.4 is 10.2 Å². The first kappa shape index (κ1) is 19.2. The van der Waals surface area contributed by atoms with Gasteiger partial charge in [-0.3, -0.25) is 9.78 Å². The molecule has 0 aromatic carbocycles. The number of fused-ring (bicyclic) bond motifs is 1. The van der Waals surface area contributed by atoms with Crippen LogP contribution in [-0.4, -0.2) is 29.0 Å². The van der Waals surface area contributed by atoms with Crippen LogP contribution in [0.3, 0.4) is 0 Å². The fourth-order valence-corrected chi connectivity index (χ4v) is 4.15. The number of hydrogen-bond acceptors (Lipinski definition) is 5. The first-order valence-electron chi connectivity index (χ1n) is 9.96. The third-order valence-electron chi connectivity index (χ3n) is 5.37. The first-order chi connectivity index (χ1) is 13.9. The molecule has 6 nitrogen and oxygen atoms in total. The number of rotatable bonds is 4. The van der Waals surface area contributed by atoms with Crippen LogP contribution in [0.4, 0.5) is 11.4 Å². The predicted molar refractivity (Wildman–Crippen MR) is 116 cm³/mol. The molecule has 150 valence electrons. The molecule has 4 heterocycles. The molecule has 1 fully saturated rings. The molecule has 1 aliphatic rings. The van der Waals surface area contributed by atoms with E-state index < -0.39 is 0 Å². The van der Waals surface area contributed by atoms with Crippen LogP contribution in [-0.2, 0) is 0 Å². The zero-order valence-electron chi connectivity index (χ0n) is 17.1. The lowest BCUT2D eigenvalue weighted by atomic mass is 9.91. The fraction of sp³-hybridized carbons (Fsp3) is 0.348. The Morgan fingerprint density at radius 3 is 2.72 bits per heavy atom. The Kier molecular flexibility index (Phi) is 5.09. The Morgan fingerprint density at radius 1 is 1.24 bits per heavy atom. The number of nitrogens with zero attached hydrogens (tertiary/aromatic N) is 3. The molecule has 29 heavy (non-hydrogen) atoms. The Balaban J connectivity index is 1.61. The molecule has 6 heteroatoms. The van der Waals surface area contributed by atoms with Gasteiger partial charge >= 0.3 is 0 Å².